The number of nitrogens with zero attached hydrogens (tertiary/aromatic N) is 1. The number of rotatable bonds is 1. The number of anilines is 3. The molecule has 2 heterocycles. The van der Waals surface area contributed by atoms with Gasteiger partial charge in [0.25, 0.3) is 11.8 Å². The summed E-state index contributed by atoms with van der Waals surface area (Å²) in [6, 6.07) is 14.1. The lowest BCUT2D eigenvalue weighted by molar-refractivity contribution is -0.119. The largest absolute Gasteiger partial charge is 0.350 e. The van der Waals surface area contributed by atoms with E-state index in [1.807, 2.05) is 0 Å². The number of hydrogen-bond donors (Lipinski definition) is 2. The molecule has 144 valence electrons. The first kappa shape index (κ1) is 17.6. The van der Waals surface area contributed by atoms with Crippen LogP contribution in [-0.2, 0) is 10.5 Å². The van der Waals surface area contributed by atoms with Crippen LogP contribution in [0.4, 0.5) is 25.8 Å². The second-order valence-electron chi connectivity index (χ2n) is 6.76. The van der Waals surface area contributed by atoms with E-state index in [4.69, 9.17) is 11.6 Å². The number of nitrogens with one attached hydrogen (secondary N) is 2. The van der Waals surface area contributed by atoms with Gasteiger partial charge >= 0.3 is 0 Å². The van der Waals surface area contributed by atoms with E-state index in [2.05, 4.69) is 10.6 Å². The lowest BCUT2D eigenvalue weighted by Crippen LogP contribution is -2.61. The quantitative estimate of drug-likeness (QED) is 0.620. The third-order valence-corrected chi connectivity index (χ3v) is 5.41. The molecule has 3 aromatic rings. The summed E-state index contributed by atoms with van der Waals surface area (Å²) in [6.07, 6.45) is 0. The Balaban J connectivity index is 1.83. The van der Waals surface area contributed by atoms with Gasteiger partial charge in [-0.3, -0.25) is 14.5 Å². The van der Waals surface area contributed by atoms with Crippen molar-refractivity contribution in [3.05, 3.63) is 88.4 Å². The predicted molar refractivity (Wildman–Crippen MR) is 105 cm³/mol. The van der Waals surface area contributed by atoms with E-state index < -0.39 is 29.1 Å². The van der Waals surface area contributed by atoms with E-state index in [9.17, 15) is 18.4 Å². The average Bonchev–Trinajstić information content (AvgIpc) is 2.94. The molecule has 0 saturated heterocycles. The highest BCUT2D eigenvalue weighted by Gasteiger charge is 2.57. The summed E-state index contributed by atoms with van der Waals surface area (Å²) in [5.74, 6) is -2.19. The number of halogens is 3. The van der Waals surface area contributed by atoms with Gasteiger partial charge in [0, 0.05) is 11.3 Å². The molecular formula is C21H12ClF2N3O2. The van der Waals surface area contributed by atoms with Gasteiger partial charge in [-0.1, -0.05) is 23.7 Å². The van der Waals surface area contributed by atoms with Crippen LogP contribution in [0.2, 0.25) is 5.02 Å². The fourth-order valence-corrected chi connectivity index (χ4v) is 4.12. The first-order valence-corrected chi connectivity index (χ1v) is 9.08. The zero-order valence-electron chi connectivity index (χ0n) is 14.7. The van der Waals surface area contributed by atoms with Crippen LogP contribution >= 0.6 is 11.6 Å². The minimum Gasteiger partial charge on any atom is -0.350 e. The molecule has 8 heteroatoms. The maximum atomic E-state index is 13.8. The zero-order valence-corrected chi connectivity index (χ0v) is 15.4. The second-order valence-corrected chi connectivity index (χ2v) is 7.17. The Morgan fingerprint density at radius 1 is 0.897 bits per heavy atom. The fraction of sp³-hybridized carbons (Fsp3) is 0.0476. The molecule has 0 fully saturated rings. The van der Waals surface area contributed by atoms with Gasteiger partial charge in [-0.05, 0) is 48.5 Å². The molecule has 5 rings (SSSR count). The van der Waals surface area contributed by atoms with Crippen molar-refractivity contribution < 1.29 is 18.4 Å². The molecule has 1 unspecified atom stereocenters. The molecule has 1 spiro atoms. The molecule has 0 saturated carbocycles. The smallest absolute Gasteiger partial charge is 0.276 e. The molecule has 3 aromatic carbocycles. The minimum atomic E-state index is -1.71. The van der Waals surface area contributed by atoms with Crippen LogP contribution in [0.3, 0.4) is 0 Å². The monoisotopic (exact) mass is 411 g/mol. The Bertz CT molecular complexity index is 1220. The van der Waals surface area contributed by atoms with Crippen molar-refractivity contribution in [1.82, 2.24) is 0 Å². The lowest BCUT2D eigenvalue weighted by atomic mass is 9.92. The summed E-state index contributed by atoms with van der Waals surface area (Å²) in [5.41, 5.74) is -0.214. The molecule has 2 amide bonds. The number of benzene rings is 3. The number of carbonyl (C=O) groups excluding carboxylic acids is 2. The topological polar surface area (TPSA) is 61.4 Å². The first-order valence-electron chi connectivity index (χ1n) is 8.70. The van der Waals surface area contributed by atoms with Gasteiger partial charge < -0.3 is 10.6 Å². The van der Waals surface area contributed by atoms with E-state index >= 15 is 0 Å². The van der Waals surface area contributed by atoms with Crippen LogP contribution in [0.1, 0.15) is 15.9 Å². The summed E-state index contributed by atoms with van der Waals surface area (Å²) >= 11 is 6.26. The number of amides is 2. The van der Waals surface area contributed by atoms with Gasteiger partial charge in [0.1, 0.15) is 11.6 Å². The van der Waals surface area contributed by atoms with E-state index in [1.54, 1.807) is 24.3 Å². The maximum Gasteiger partial charge on any atom is 0.276 e. The molecule has 1 atom stereocenters. The Morgan fingerprint density at radius 2 is 1.62 bits per heavy atom. The van der Waals surface area contributed by atoms with Crippen LogP contribution in [0.15, 0.2) is 60.7 Å². The van der Waals surface area contributed by atoms with Crippen LogP contribution in [0, 0.1) is 11.6 Å². The summed E-state index contributed by atoms with van der Waals surface area (Å²) < 4.78 is 27.4. The van der Waals surface area contributed by atoms with Crippen molar-refractivity contribution in [2.45, 2.75) is 5.66 Å². The number of hydrogen-bond acceptors (Lipinski definition) is 3. The van der Waals surface area contributed by atoms with Crippen LogP contribution in [0.25, 0.3) is 0 Å². The van der Waals surface area contributed by atoms with Gasteiger partial charge in [-0.25, -0.2) is 8.78 Å². The molecule has 5 nitrogen and oxygen atoms in total. The van der Waals surface area contributed by atoms with Crippen molar-refractivity contribution >= 4 is 40.5 Å². The van der Waals surface area contributed by atoms with Crippen molar-refractivity contribution in [2.75, 3.05) is 15.5 Å². The lowest BCUT2D eigenvalue weighted by Gasteiger charge is -2.44. The van der Waals surface area contributed by atoms with Gasteiger partial charge in [0.15, 0.2) is 0 Å². The van der Waals surface area contributed by atoms with Gasteiger partial charge in [-0.2, -0.15) is 0 Å². The van der Waals surface area contributed by atoms with Gasteiger partial charge in [0.2, 0.25) is 5.66 Å². The third kappa shape index (κ3) is 2.37. The SMILES string of the molecule is O=C1c2ccccc2NC2(C(=O)Nc3cc(F)ccc32)N1c1ccc(F)cc1Cl. The minimum absolute atomic E-state index is 0.0396. The molecule has 0 aromatic heterocycles. The predicted octanol–water partition coefficient (Wildman–Crippen LogP) is 4.50. The van der Waals surface area contributed by atoms with Crippen LogP contribution < -0.4 is 15.5 Å². The van der Waals surface area contributed by atoms with Crippen LogP contribution in [-0.4, -0.2) is 11.8 Å². The van der Waals surface area contributed by atoms with E-state index in [0.29, 0.717) is 16.8 Å². The fourth-order valence-electron chi connectivity index (χ4n) is 3.87. The summed E-state index contributed by atoms with van der Waals surface area (Å²) in [4.78, 5) is 27.9. The van der Waals surface area contributed by atoms with E-state index in [1.165, 1.54) is 29.2 Å². The van der Waals surface area contributed by atoms with Crippen molar-refractivity contribution in [3.63, 3.8) is 0 Å². The molecule has 2 N–H and O–H groups in total. The normalized spacial score (nSPS) is 19.6. The molecule has 2 aliphatic heterocycles. The molecule has 2 aliphatic rings. The van der Waals surface area contributed by atoms with Gasteiger partial charge in [0.05, 0.1) is 22.0 Å². The molecule has 29 heavy (non-hydrogen) atoms. The van der Waals surface area contributed by atoms with Crippen molar-refractivity contribution in [3.8, 4) is 0 Å². The highest BCUT2D eigenvalue weighted by atomic mass is 35.5. The highest BCUT2D eigenvalue weighted by molar-refractivity contribution is 6.35. The Labute approximate surface area is 168 Å². The summed E-state index contributed by atoms with van der Waals surface area (Å²) in [7, 11) is 0. The average molecular weight is 412 g/mol. The van der Waals surface area contributed by atoms with E-state index in [0.717, 1.165) is 12.1 Å². The zero-order chi connectivity index (χ0) is 20.3. The number of carbonyl (C=O) groups is 2. The maximum absolute atomic E-state index is 13.8. The Hall–Kier alpha value is -3.45. The third-order valence-electron chi connectivity index (χ3n) is 5.11. The number of fused-ring (bicyclic) bond motifs is 3. The Kier molecular flexibility index (Phi) is 3.66. The standard InChI is InChI=1S/C21H12ClF2N3O2/c22-15-9-11(23)6-8-18(15)27-19(28)13-3-1-2-4-16(13)26-21(27)14-7-5-12(24)10-17(14)25-20(21)29/h1-10,26H,(H,25,29). The second kappa shape index (κ2) is 6.02. The van der Waals surface area contributed by atoms with Crippen molar-refractivity contribution in [2.24, 2.45) is 0 Å². The summed E-state index contributed by atoms with van der Waals surface area (Å²) in [5, 5.41) is 5.73. The molecule has 0 aliphatic carbocycles. The number of para-hydroxylation sites is 1. The molecule has 0 radical (unpaired) electrons. The molecule has 0 bridgehead atoms. The highest BCUT2D eigenvalue weighted by Crippen LogP contribution is 2.48. The van der Waals surface area contributed by atoms with Gasteiger partial charge in [-0.15, -0.1) is 0 Å². The summed E-state index contributed by atoms with van der Waals surface area (Å²) in [6.45, 7) is 0. The Morgan fingerprint density at radius 3 is 2.41 bits per heavy atom. The molecular weight excluding hydrogens is 400 g/mol. The van der Waals surface area contributed by atoms with E-state index in [-0.39, 0.29) is 16.4 Å². The first-order chi connectivity index (χ1) is 13.9. The van der Waals surface area contributed by atoms with Crippen LogP contribution in [0.5, 0.6) is 0 Å². The van der Waals surface area contributed by atoms with Crippen molar-refractivity contribution in [1.29, 1.82) is 0 Å².